The molecule has 4 rings (SSSR count). The number of amides is 1. The summed E-state index contributed by atoms with van der Waals surface area (Å²) < 4.78 is 5.76. The molecule has 5 nitrogen and oxygen atoms in total. The number of aryl methyl sites for hydroxylation is 1. The highest BCUT2D eigenvalue weighted by molar-refractivity contribution is 7.98. The second kappa shape index (κ2) is 10.1. The number of hydrogen-bond donors (Lipinski definition) is 1. The Balaban J connectivity index is 1.25. The van der Waals surface area contributed by atoms with Gasteiger partial charge in [-0.15, -0.1) is 11.8 Å². The lowest BCUT2D eigenvalue weighted by atomic mass is 9.78. The van der Waals surface area contributed by atoms with Crippen LogP contribution in [0.1, 0.15) is 24.8 Å². The number of piperidine rings is 1. The van der Waals surface area contributed by atoms with E-state index in [1.165, 1.54) is 4.90 Å². The van der Waals surface area contributed by atoms with Gasteiger partial charge in [0.1, 0.15) is 5.75 Å². The molecule has 0 atom stereocenters. The smallest absolute Gasteiger partial charge is 0.260 e. The van der Waals surface area contributed by atoms with Crippen molar-refractivity contribution in [3.05, 3.63) is 54.1 Å². The number of nitrogens with one attached hydrogen (secondary N) is 1. The lowest BCUT2D eigenvalue weighted by molar-refractivity contribution is -0.135. The van der Waals surface area contributed by atoms with Gasteiger partial charge in [0.05, 0.1) is 0 Å². The number of ether oxygens (including phenoxy) is 1. The van der Waals surface area contributed by atoms with E-state index in [0.717, 1.165) is 67.6 Å². The fourth-order valence-electron chi connectivity index (χ4n) is 4.57. The number of likely N-dealkylation sites (tertiary alicyclic amines) is 2. The number of rotatable bonds is 5. The highest BCUT2D eigenvalue weighted by Gasteiger charge is 2.42. The molecule has 2 fully saturated rings. The van der Waals surface area contributed by atoms with Crippen molar-refractivity contribution in [2.45, 2.75) is 31.1 Å². The summed E-state index contributed by atoms with van der Waals surface area (Å²) in [5.41, 5.74) is 2.33. The molecular weight excluding hydrogens is 438 g/mol. The zero-order valence-electron chi connectivity index (χ0n) is 18.8. The predicted octanol–water partition coefficient (Wildman–Crippen LogP) is 4.81. The first-order valence-electron chi connectivity index (χ1n) is 11.1. The Morgan fingerprint density at radius 1 is 1.06 bits per heavy atom. The van der Waals surface area contributed by atoms with E-state index in [2.05, 4.69) is 40.7 Å². The van der Waals surface area contributed by atoms with Crippen LogP contribution in [0.5, 0.6) is 5.75 Å². The highest BCUT2D eigenvalue weighted by Crippen LogP contribution is 2.40. The first-order chi connectivity index (χ1) is 15.5. The van der Waals surface area contributed by atoms with Crippen molar-refractivity contribution in [1.29, 1.82) is 0 Å². The minimum atomic E-state index is 0.0730. The van der Waals surface area contributed by atoms with Crippen molar-refractivity contribution >= 4 is 40.7 Å². The molecule has 2 aliphatic rings. The number of carbonyl (C=O) groups is 1. The fourth-order valence-corrected chi connectivity index (χ4v) is 5.26. The number of para-hydroxylation sites is 1. The molecule has 1 N–H and O–H groups in total. The third-order valence-electron chi connectivity index (χ3n) is 6.69. The fraction of sp³-hybridized carbons (Fsp3) is 0.440. The van der Waals surface area contributed by atoms with Gasteiger partial charge in [-0.1, -0.05) is 18.2 Å². The molecule has 2 aromatic rings. The normalized spacial score (nSPS) is 17.4. The van der Waals surface area contributed by atoms with Gasteiger partial charge in [-0.25, -0.2) is 0 Å². The first kappa shape index (κ1) is 22.9. The molecule has 2 aromatic carbocycles. The molecule has 170 valence electrons. The summed E-state index contributed by atoms with van der Waals surface area (Å²) >= 11 is 7.43. The van der Waals surface area contributed by atoms with Gasteiger partial charge >= 0.3 is 0 Å². The van der Waals surface area contributed by atoms with Crippen LogP contribution in [-0.4, -0.2) is 59.9 Å². The molecule has 0 aromatic heterocycles. The van der Waals surface area contributed by atoms with Crippen molar-refractivity contribution in [3.63, 3.8) is 0 Å². The Morgan fingerprint density at radius 2 is 1.72 bits per heavy atom. The minimum Gasteiger partial charge on any atom is -0.484 e. The summed E-state index contributed by atoms with van der Waals surface area (Å²) in [5.74, 6) is 0.855. The molecule has 1 amide bonds. The summed E-state index contributed by atoms with van der Waals surface area (Å²) in [4.78, 5) is 18.2. The number of hydrogen-bond acceptors (Lipinski definition) is 4. The van der Waals surface area contributed by atoms with Gasteiger partial charge in [-0.3, -0.25) is 4.79 Å². The second-order valence-corrected chi connectivity index (χ2v) is 10.0. The van der Waals surface area contributed by atoms with E-state index in [-0.39, 0.29) is 17.9 Å². The molecule has 7 heteroatoms. The van der Waals surface area contributed by atoms with Gasteiger partial charge in [0, 0.05) is 36.8 Å². The van der Waals surface area contributed by atoms with Crippen LogP contribution >= 0.6 is 24.0 Å². The van der Waals surface area contributed by atoms with E-state index in [1.54, 1.807) is 11.8 Å². The highest BCUT2D eigenvalue weighted by atomic mass is 32.2. The van der Waals surface area contributed by atoms with Gasteiger partial charge in [-0.05, 0) is 86.0 Å². The van der Waals surface area contributed by atoms with Gasteiger partial charge in [0.2, 0.25) is 0 Å². The quantitative estimate of drug-likeness (QED) is 0.501. The first-order valence-corrected chi connectivity index (χ1v) is 12.8. The number of nitrogens with zero attached hydrogens (tertiary/aromatic N) is 2. The van der Waals surface area contributed by atoms with Crippen LogP contribution in [0.15, 0.2) is 53.4 Å². The minimum absolute atomic E-state index is 0.0730. The number of anilines is 1. The van der Waals surface area contributed by atoms with E-state index in [4.69, 9.17) is 17.0 Å². The van der Waals surface area contributed by atoms with E-state index in [0.29, 0.717) is 0 Å². The van der Waals surface area contributed by atoms with Crippen LogP contribution in [-0.2, 0) is 4.79 Å². The molecule has 0 radical (unpaired) electrons. The summed E-state index contributed by atoms with van der Waals surface area (Å²) in [7, 11) is 0. The van der Waals surface area contributed by atoms with Crippen molar-refractivity contribution in [3.8, 4) is 5.75 Å². The van der Waals surface area contributed by atoms with Crippen LogP contribution < -0.4 is 10.1 Å². The van der Waals surface area contributed by atoms with E-state index in [9.17, 15) is 4.79 Å². The molecular formula is C25H31N3O2S2. The largest absolute Gasteiger partial charge is 0.484 e. The third-order valence-corrected chi connectivity index (χ3v) is 7.79. The maximum Gasteiger partial charge on any atom is 0.260 e. The Kier molecular flexibility index (Phi) is 7.26. The molecule has 1 spiro atoms. The van der Waals surface area contributed by atoms with Gasteiger partial charge in [0.15, 0.2) is 11.7 Å². The predicted molar refractivity (Wildman–Crippen MR) is 136 cm³/mol. The van der Waals surface area contributed by atoms with Gasteiger partial charge in [-0.2, -0.15) is 0 Å². The molecule has 0 bridgehead atoms. The van der Waals surface area contributed by atoms with Crippen LogP contribution in [0, 0.1) is 12.3 Å². The molecule has 0 unspecified atom stereocenters. The van der Waals surface area contributed by atoms with E-state index in [1.807, 2.05) is 36.1 Å². The number of thiocarbonyl (C=S) groups is 1. The summed E-state index contributed by atoms with van der Waals surface area (Å²) in [6.45, 7) is 5.62. The summed E-state index contributed by atoms with van der Waals surface area (Å²) in [6.07, 6.45) is 5.24. The SMILES string of the molecule is CSc1ccc(NC(=S)N2CCC3(CCN(C(=O)COc4ccccc4C)CC3)C2)cc1. The number of carbonyl (C=O) groups excluding carboxylic acids is 1. The Morgan fingerprint density at radius 3 is 2.38 bits per heavy atom. The number of benzene rings is 2. The Bertz CT molecular complexity index is 956. The van der Waals surface area contributed by atoms with Gasteiger partial charge in [0.25, 0.3) is 5.91 Å². The Hall–Kier alpha value is -2.25. The van der Waals surface area contributed by atoms with Crippen molar-refractivity contribution in [1.82, 2.24) is 9.80 Å². The van der Waals surface area contributed by atoms with Crippen LogP contribution in [0.4, 0.5) is 5.69 Å². The van der Waals surface area contributed by atoms with Crippen molar-refractivity contribution < 1.29 is 9.53 Å². The standard InChI is InChI=1S/C25H31N3O2S2/c1-19-5-3-4-6-22(19)30-17-23(29)27-14-11-25(12-15-27)13-16-28(18-25)24(31)26-20-7-9-21(32-2)10-8-20/h3-10H,11-18H2,1-2H3,(H,26,31). The van der Waals surface area contributed by atoms with Crippen LogP contribution in [0.2, 0.25) is 0 Å². The lowest BCUT2D eigenvalue weighted by Gasteiger charge is -2.39. The molecule has 0 saturated carbocycles. The molecule has 32 heavy (non-hydrogen) atoms. The lowest BCUT2D eigenvalue weighted by Crippen LogP contribution is -2.46. The maximum atomic E-state index is 12.7. The molecule has 2 heterocycles. The number of thioether (sulfide) groups is 1. The summed E-state index contributed by atoms with van der Waals surface area (Å²) in [6, 6.07) is 16.2. The molecule has 0 aliphatic carbocycles. The topological polar surface area (TPSA) is 44.8 Å². The maximum absolute atomic E-state index is 12.7. The Labute approximate surface area is 200 Å². The summed E-state index contributed by atoms with van der Waals surface area (Å²) in [5, 5.41) is 4.18. The van der Waals surface area contributed by atoms with E-state index >= 15 is 0 Å². The third kappa shape index (κ3) is 5.38. The second-order valence-electron chi connectivity index (χ2n) is 8.77. The van der Waals surface area contributed by atoms with Crippen LogP contribution in [0.3, 0.4) is 0 Å². The van der Waals surface area contributed by atoms with Crippen molar-refractivity contribution in [2.24, 2.45) is 5.41 Å². The zero-order chi connectivity index (χ0) is 22.6. The average molecular weight is 470 g/mol. The average Bonchev–Trinajstić information content (AvgIpc) is 3.23. The van der Waals surface area contributed by atoms with E-state index < -0.39 is 0 Å². The zero-order valence-corrected chi connectivity index (χ0v) is 20.4. The monoisotopic (exact) mass is 469 g/mol. The molecule has 2 aliphatic heterocycles. The van der Waals surface area contributed by atoms with Gasteiger partial charge < -0.3 is 19.9 Å². The van der Waals surface area contributed by atoms with Crippen LogP contribution in [0.25, 0.3) is 0 Å². The molecule has 2 saturated heterocycles. The van der Waals surface area contributed by atoms with Crippen molar-refractivity contribution in [2.75, 3.05) is 44.4 Å².